The minimum absolute atomic E-state index is 0.182. The summed E-state index contributed by atoms with van der Waals surface area (Å²) in [7, 11) is 0. The van der Waals surface area contributed by atoms with Crippen LogP contribution in [0.25, 0.3) is 0 Å². The van der Waals surface area contributed by atoms with Gasteiger partial charge in [0.2, 0.25) is 5.91 Å². The fourth-order valence-corrected chi connectivity index (χ4v) is 2.81. The molecule has 28 heavy (non-hydrogen) atoms. The van der Waals surface area contributed by atoms with Gasteiger partial charge in [0.25, 0.3) is 5.78 Å². The number of amides is 2. The Morgan fingerprint density at radius 3 is 1.96 bits per heavy atom. The summed E-state index contributed by atoms with van der Waals surface area (Å²) < 4.78 is 38.5. The third kappa shape index (κ3) is 6.24. The lowest BCUT2D eigenvalue weighted by Gasteiger charge is -2.36. The van der Waals surface area contributed by atoms with Crippen LogP contribution >= 0.6 is 0 Å². The molecule has 0 unspecified atom stereocenters. The number of rotatable bonds is 8. The quantitative estimate of drug-likeness (QED) is 0.723. The molecule has 2 amide bonds. The summed E-state index contributed by atoms with van der Waals surface area (Å²) in [6.45, 7) is 5.65. The van der Waals surface area contributed by atoms with Crippen LogP contribution in [0, 0.1) is 11.8 Å². The first-order valence-corrected chi connectivity index (χ1v) is 8.79. The van der Waals surface area contributed by atoms with Crippen LogP contribution in [0.1, 0.15) is 33.3 Å². The second-order valence-electron chi connectivity index (χ2n) is 7.16. The summed E-state index contributed by atoms with van der Waals surface area (Å²) in [4.78, 5) is 36.8. The van der Waals surface area contributed by atoms with Gasteiger partial charge in [-0.25, -0.2) is 0 Å². The lowest BCUT2D eigenvalue weighted by molar-refractivity contribution is -0.269. The van der Waals surface area contributed by atoms with Gasteiger partial charge in [-0.2, -0.15) is 13.2 Å². The number of alkyl halides is 3. The molecule has 0 radical (unpaired) electrons. The van der Waals surface area contributed by atoms with Gasteiger partial charge in [-0.1, -0.05) is 58.0 Å². The summed E-state index contributed by atoms with van der Waals surface area (Å²) >= 11 is 0. The van der Waals surface area contributed by atoms with Crippen LogP contribution < -0.4 is 10.4 Å². The Kier molecular flexibility index (Phi) is 8.01. The maximum Gasteiger partial charge on any atom is 0.452 e. The maximum absolute atomic E-state index is 12.8. The summed E-state index contributed by atoms with van der Waals surface area (Å²) in [5, 5.41) is 13.7. The van der Waals surface area contributed by atoms with Crippen LogP contribution in [0.3, 0.4) is 0 Å². The van der Waals surface area contributed by atoms with Gasteiger partial charge >= 0.3 is 6.18 Å². The molecule has 1 rings (SSSR count). The van der Waals surface area contributed by atoms with Crippen molar-refractivity contribution < 1.29 is 32.7 Å². The molecule has 0 aliphatic carbocycles. The van der Waals surface area contributed by atoms with E-state index >= 15 is 0 Å². The van der Waals surface area contributed by atoms with E-state index in [9.17, 15) is 32.7 Å². The molecule has 1 aromatic rings. The molecule has 0 saturated heterocycles. The van der Waals surface area contributed by atoms with Crippen molar-refractivity contribution in [3.63, 3.8) is 0 Å². The van der Waals surface area contributed by atoms with Crippen LogP contribution in [0.5, 0.6) is 0 Å². The number of nitrogens with zero attached hydrogens (tertiary/aromatic N) is 1. The fourth-order valence-electron chi connectivity index (χ4n) is 2.81. The lowest BCUT2D eigenvalue weighted by Crippen LogP contribution is -2.59. The third-order valence-corrected chi connectivity index (χ3v) is 4.19. The normalized spacial score (nSPS) is 13.9. The molecule has 0 aliphatic heterocycles. The Morgan fingerprint density at radius 2 is 1.57 bits per heavy atom. The number of ketones is 1. The van der Waals surface area contributed by atoms with E-state index < -0.39 is 47.9 Å². The smallest absolute Gasteiger partial charge is 0.452 e. The number of halogens is 3. The molecule has 9 heteroatoms. The van der Waals surface area contributed by atoms with Crippen molar-refractivity contribution in [3.8, 4) is 0 Å². The molecule has 0 aromatic heterocycles. The van der Waals surface area contributed by atoms with Gasteiger partial charge in [-0.05, 0) is 17.4 Å². The highest BCUT2D eigenvalue weighted by Gasteiger charge is 2.45. The first-order valence-electron chi connectivity index (χ1n) is 8.79. The molecule has 0 fully saturated rings. The zero-order chi connectivity index (χ0) is 21.6. The molecule has 156 valence electrons. The van der Waals surface area contributed by atoms with Gasteiger partial charge < -0.3 is 20.1 Å². The molecular formula is C19H24F3N2O4-. The molecule has 0 saturated carbocycles. The monoisotopic (exact) mass is 401 g/mol. The van der Waals surface area contributed by atoms with E-state index in [2.05, 4.69) is 5.32 Å². The van der Waals surface area contributed by atoms with Crippen molar-refractivity contribution in [2.45, 2.75) is 52.5 Å². The molecule has 1 N–H and O–H groups in total. The predicted molar refractivity (Wildman–Crippen MR) is 93.8 cm³/mol. The minimum atomic E-state index is -5.12. The number of hydrogen-bond acceptors (Lipinski definition) is 4. The van der Waals surface area contributed by atoms with Crippen LogP contribution in [0.2, 0.25) is 0 Å². The number of benzene rings is 1. The van der Waals surface area contributed by atoms with Crippen LogP contribution in [-0.2, 0) is 16.1 Å². The zero-order valence-electron chi connectivity index (χ0n) is 16.1. The molecule has 0 spiro atoms. The number of carbonyl (C=O) groups excluding carboxylic acids is 3. The van der Waals surface area contributed by atoms with E-state index in [1.807, 2.05) is 0 Å². The Morgan fingerprint density at radius 1 is 1.04 bits per heavy atom. The van der Waals surface area contributed by atoms with Crippen LogP contribution in [0.4, 0.5) is 18.0 Å². The number of hydrogen-bond donors (Lipinski definition) is 1. The van der Waals surface area contributed by atoms with E-state index in [-0.39, 0.29) is 6.54 Å². The standard InChI is InChI=1S/C19H25F3N2O4/c1-11(2)14(16(25)19(20,21)22)23-17(26)15(12(3)4)24(18(27)28)10-13-8-6-5-7-9-13/h5-9,11-12,14-15H,10H2,1-4H3,(H,23,26)(H,27,28)/p-1/t14-,15-/m0/s1. The molecule has 6 nitrogen and oxygen atoms in total. The van der Waals surface area contributed by atoms with Crippen molar-refractivity contribution >= 4 is 17.8 Å². The van der Waals surface area contributed by atoms with E-state index in [0.717, 1.165) is 4.90 Å². The van der Waals surface area contributed by atoms with Crippen molar-refractivity contribution in [1.82, 2.24) is 10.2 Å². The molecule has 1 aromatic carbocycles. The summed E-state index contributed by atoms with van der Waals surface area (Å²) in [5.74, 6) is -4.47. The minimum Gasteiger partial charge on any atom is -0.530 e. The Bertz CT molecular complexity index is 690. The van der Waals surface area contributed by atoms with Crippen molar-refractivity contribution in [3.05, 3.63) is 35.9 Å². The SMILES string of the molecule is CC(C)[C@H](NC(=O)[C@H](C(C)C)N(Cc1ccccc1)C(=O)[O-])C(=O)C(F)(F)F. The largest absolute Gasteiger partial charge is 0.530 e. The van der Waals surface area contributed by atoms with Crippen molar-refractivity contribution in [1.29, 1.82) is 0 Å². The second-order valence-corrected chi connectivity index (χ2v) is 7.16. The Hall–Kier alpha value is -2.58. The molecule has 0 bridgehead atoms. The molecule has 2 atom stereocenters. The number of carboxylic acid groups (broad SMARTS) is 1. The van der Waals surface area contributed by atoms with Gasteiger partial charge in [0.05, 0.1) is 6.04 Å². The fraction of sp³-hybridized carbons (Fsp3) is 0.526. The molecule has 0 heterocycles. The first kappa shape index (κ1) is 23.5. The van der Waals surface area contributed by atoms with Crippen LogP contribution in [-0.4, -0.2) is 40.9 Å². The highest BCUT2D eigenvalue weighted by Crippen LogP contribution is 2.22. The van der Waals surface area contributed by atoms with Crippen molar-refractivity contribution in [2.75, 3.05) is 0 Å². The zero-order valence-corrected chi connectivity index (χ0v) is 16.1. The van der Waals surface area contributed by atoms with Gasteiger partial charge in [-0.3, -0.25) is 9.59 Å². The van der Waals surface area contributed by atoms with E-state index in [1.165, 1.54) is 13.8 Å². The third-order valence-electron chi connectivity index (χ3n) is 4.19. The maximum atomic E-state index is 12.8. The summed E-state index contributed by atoms with van der Waals surface area (Å²) in [5.41, 5.74) is 0.580. The highest BCUT2D eigenvalue weighted by atomic mass is 19.4. The summed E-state index contributed by atoms with van der Waals surface area (Å²) in [6.07, 6.45) is -6.76. The number of Topliss-reactive ketones (excluding diaryl/α,β-unsaturated/α-hetero) is 1. The average Bonchev–Trinajstić information content (AvgIpc) is 2.57. The lowest BCUT2D eigenvalue weighted by atomic mass is 9.96. The predicted octanol–water partition coefficient (Wildman–Crippen LogP) is 2.13. The van der Waals surface area contributed by atoms with Crippen LogP contribution in [0.15, 0.2) is 30.3 Å². The Balaban J connectivity index is 3.14. The van der Waals surface area contributed by atoms with E-state index in [1.54, 1.807) is 44.2 Å². The van der Waals surface area contributed by atoms with Gasteiger partial charge in [0.15, 0.2) is 0 Å². The highest BCUT2D eigenvalue weighted by molar-refractivity contribution is 5.94. The topological polar surface area (TPSA) is 89.5 Å². The number of carbonyl (C=O) groups is 3. The Labute approximate surface area is 161 Å². The summed E-state index contributed by atoms with van der Waals surface area (Å²) in [6, 6.07) is 5.26. The second kappa shape index (κ2) is 9.57. The van der Waals surface area contributed by atoms with E-state index in [4.69, 9.17) is 0 Å². The van der Waals surface area contributed by atoms with E-state index in [0.29, 0.717) is 5.56 Å². The van der Waals surface area contributed by atoms with Crippen molar-refractivity contribution in [2.24, 2.45) is 11.8 Å². The molecule has 0 aliphatic rings. The van der Waals surface area contributed by atoms with Gasteiger partial charge in [-0.15, -0.1) is 0 Å². The number of nitrogens with one attached hydrogen (secondary N) is 1. The molecular weight excluding hydrogens is 377 g/mol. The van der Waals surface area contributed by atoms with Gasteiger partial charge in [0, 0.05) is 6.54 Å². The average molecular weight is 401 g/mol. The van der Waals surface area contributed by atoms with Gasteiger partial charge in [0.1, 0.15) is 12.1 Å². The first-order chi connectivity index (χ1) is 12.9.